The van der Waals surface area contributed by atoms with Crippen LogP contribution >= 0.6 is 11.8 Å². The van der Waals surface area contributed by atoms with Crippen molar-refractivity contribution >= 4 is 29.3 Å². The van der Waals surface area contributed by atoms with E-state index in [0.29, 0.717) is 12.5 Å². The number of methoxy groups -OCH3 is 1. The molecular weight excluding hydrogens is 312 g/mol. The minimum absolute atomic E-state index is 0.0674. The summed E-state index contributed by atoms with van der Waals surface area (Å²) in [5, 5.41) is 2.55. The van der Waals surface area contributed by atoms with Crippen LogP contribution in [0, 0.1) is 5.92 Å². The molecule has 2 heterocycles. The molecule has 0 spiro atoms. The first-order valence-corrected chi connectivity index (χ1v) is 8.88. The molecule has 2 aliphatic rings. The molecule has 3 rings (SSSR count). The van der Waals surface area contributed by atoms with Crippen LogP contribution in [0.2, 0.25) is 0 Å². The van der Waals surface area contributed by atoms with Crippen LogP contribution in [0.25, 0.3) is 0 Å². The van der Waals surface area contributed by atoms with Crippen LogP contribution in [0.3, 0.4) is 0 Å². The smallest absolute Gasteiger partial charge is 0.238 e. The highest BCUT2D eigenvalue weighted by molar-refractivity contribution is 8.01. The van der Waals surface area contributed by atoms with Crippen molar-refractivity contribution in [2.24, 2.45) is 5.92 Å². The number of fused-ring (bicyclic) bond motifs is 1. The Balaban J connectivity index is 1.60. The van der Waals surface area contributed by atoms with E-state index in [1.54, 1.807) is 7.11 Å². The first kappa shape index (κ1) is 16.3. The topological polar surface area (TPSA) is 58.6 Å². The molecule has 23 heavy (non-hydrogen) atoms. The van der Waals surface area contributed by atoms with Gasteiger partial charge in [-0.2, -0.15) is 0 Å². The zero-order chi connectivity index (χ0) is 16.2. The van der Waals surface area contributed by atoms with Gasteiger partial charge in [0.15, 0.2) is 0 Å². The Bertz CT molecular complexity index is 591. The number of thioether (sulfide) groups is 1. The molecule has 0 unspecified atom stereocenters. The number of amides is 2. The number of nitrogens with zero attached hydrogens (tertiary/aromatic N) is 1. The lowest BCUT2D eigenvalue weighted by atomic mass is 9.98. The van der Waals surface area contributed by atoms with Gasteiger partial charge in [0.05, 0.1) is 17.5 Å². The monoisotopic (exact) mass is 334 g/mol. The van der Waals surface area contributed by atoms with Gasteiger partial charge in [0.1, 0.15) is 0 Å². The summed E-state index contributed by atoms with van der Waals surface area (Å²) in [5.74, 6) is 0.400. The molecule has 0 aliphatic carbocycles. The average Bonchev–Trinajstić information content (AvgIpc) is 2.56. The number of anilines is 1. The Kier molecular flexibility index (Phi) is 5.23. The highest BCUT2D eigenvalue weighted by Crippen LogP contribution is 2.37. The molecule has 1 saturated heterocycles. The molecule has 0 aromatic heterocycles. The van der Waals surface area contributed by atoms with Gasteiger partial charge in [-0.1, -0.05) is 12.1 Å². The van der Waals surface area contributed by atoms with Crippen molar-refractivity contribution in [3.05, 3.63) is 24.3 Å². The maximum Gasteiger partial charge on any atom is 0.238 e. The van der Waals surface area contributed by atoms with Gasteiger partial charge in [-0.05, 0) is 30.9 Å². The molecule has 1 aromatic carbocycles. The van der Waals surface area contributed by atoms with Gasteiger partial charge in [0.2, 0.25) is 11.8 Å². The van der Waals surface area contributed by atoms with Crippen molar-refractivity contribution in [3.63, 3.8) is 0 Å². The van der Waals surface area contributed by atoms with Crippen LogP contribution in [0.15, 0.2) is 29.2 Å². The number of rotatable bonds is 4. The molecule has 2 aliphatic heterocycles. The third kappa shape index (κ3) is 3.87. The molecule has 0 bridgehead atoms. The summed E-state index contributed by atoms with van der Waals surface area (Å²) in [6.45, 7) is 2.22. The van der Waals surface area contributed by atoms with Gasteiger partial charge < -0.3 is 15.0 Å². The standard InChI is InChI=1S/C17H22N2O3S/c1-22-11-12-5-4-8-19(10-12)16(20)9-15-17(21)18-13-6-2-3-7-14(13)23-15/h2-3,6-7,12,15H,4-5,8-11H2,1H3,(H,18,21)/t12-,15-/m0/s1. The van der Waals surface area contributed by atoms with Crippen LogP contribution in [-0.2, 0) is 14.3 Å². The van der Waals surface area contributed by atoms with E-state index in [2.05, 4.69) is 5.32 Å². The number of hydrogen-bond donors (Lipinski definition) is 1. The molecule has 0 saturated carbocycles. The minimum Gasteiger partial charge on any atom is -0.384 e. The summed E-state index contributed by atoms with van der Waals surface area (Å²) < 4.78 is 5.21. The maximum atomic E-state index is 12.6. The molecule has 1 aromatic rings. The highest BCUT2D eigenvalue weighted by atomic mass is 32.2. The van der Waals surface area contributed by atoms with E-state index in [-0.39, 0.29) is 23.5 Å². The van der Waals surface area contributed by atoms with Gasteiger partial charge in [0.25, 0.3) is 0 Å². The van der Waals surface area contributed by atoms with Crippen LogP contribution in [0.1, 0.15) is 19.3 Å². The summed E-state index contributed by atoms with van der Waals surface area (Å²) in [6.07, 6.45) is 2.36. The number of likely N-dealkylation sites (tertiary alicyclic amines) is 1. The number of carbonyl (C=O) groups is 2. The third-order valence-corrected chi connectivity index (χ3v) is 5.62. The fourth-order valence-electron chi connectivity index (χ4n) is 3.18. The molecular formula is C17H22N2O3S. The van der Waals surface area contributed by atoms with E-state index in [1.807, 2.05) is 29.2 Å². The Labute approximate surface area is 140 Å². The molecule has 2 amide bonds. The van der Waals surface area contributed by atoms with Gasteiger partial charge in [-0.15, -0.1) is 11.8 Å². The molecule has 124 valence electrons. The molecule has 0 radical (unpaired) electrons. The Morgan fingerprint density at radius 3 is 3.09 bits per heavy atom. The third-order valence-electron chi connectivity index (χ3n) is 4.34. The van der Waals surface area contributed by atoms with Gasteiger partial charge in [-0.25, -0.2) is 0 Å². The van der Waals surface area contributed by atoms with Crippen molar-refractivity contribution in [2.45, 2.75) is 29.4 Å². The Morgan fingerprint density at radius 2 is 2.26 bits per heavy atom. The number of para-hydroxylation sites is 1. The molecule has 6 heteroatoms. The number of nitrogens with one attached hydrogen (secondary N) is 1. The first-order valence-electron chi connectivity index (χ1n) is 8.00. The summed E-state index contributed by atoms with van der Waals surface area (Å²) in [5.41, 5.74) is 0.837. The average molecular weight is 334 g/mol. The lowest BCUT2D eigenvalue weighted by molar-refractivity contribution is -0.134. The molecule has 5 nitrogen and oxygen atoms in total. The van der Waals surface area contributed by atoms with Crippen LogP contribution in [0.4, 0.5) is 5.69 Å². The zero-order valence-electron chi connectivity index (χ0n) is 13.3. The lowest BCUT2D eigenvalue weighted by Gasteiger charge is -2.33. The lowest BCUT2D eigenvalue weighted by Crippen LogP contribution is -2.43. The van der Waals surface area contributed by atoms with Crippen LogP contribution < -0.4 is 5.32 Å². The number of piperidine rings is 1. The molecule has 1 fully saturated rings. The summed E-state index contributed by atoms with van der Waals surface area (Å²) >= 11 is 1.48. The number of hydrogen-bond acceptors (Lipinski definition) is 4. The Hall–Kier alpha value is -1.53. The van der Waals surface area contributed by atoms with E-state index >= 15 is 0 Å². The Morgan fingerprint density at radius 1 is 1.43 bits per heavy atom. The molecule has 2 atom stereocenters. The van der Waals surface area contributed by atoms with Crippen molar-refractivity contribution in [1.29, 1.82) is 0 Å². The SMILES string of the molecule is COC[C@H]1CCCN(C(=O)C[C@@H]2Sc3ccccc3NC2=O)C1. The van der Waals surface area contributed by atoms with E-state index in [1.165, 1.54) is 11.8 Å². The predicted molar refractivity (Wildman–Crippen MR) is 90.5 cm³/mol. The van der Waals surface area contributed by atoms with Crippen molar-refractivity contribution in [2.75, 3.05) is 32.1 Å². The van der Waals surface area contributed by atoms with E-state index in [4.69, 9.17) is 4.74 Å². The number of ether oxygens (including phenoxy) is 1. The van der Waals surface area contributed by atoms with Crippen molar-refractivity contribution in [1.82, 2.24) is 4.90 Å². The number of carbonyl (C=O) groups excluding carboxylic acids is 2. The van der Waals surface area contributed by atoms with Crippen LogP contribution in [-0.4, -0.2) is 48.8 Å². The predicted octanol–water partition coefficient (Wildman–Crippen LogP) is 2.37. The van der Waals surface area contributed by atoms with E-state index in [9.17, 15) is 9.59 Å². The first-order chi connectivity index (χ1) is 11.2. The fraction of sp³-hybridized carbons (Fsp3) is 0.529. The van der Waals surface area contributed by atoms with Gasteiger partial charge in [-0.3, -0.25) is 9.59 Å². The van der Waals surface area contributed by atoms with Crippen molar-refractivity contribution < 1.29 is 14.3 Å². The highest BCUT2D eigenvalue weighted by Gasteiger charge is 2.31. The zero-order valence-corrected chi connectivity index (χ0v) is 14.1. The second kappa shape index (κ2) is 7.36. The molecule has 1 N–H and O–H groups in total. The van der Waals surface area contributed by atoms with Gasteiger partial charge in [0, 0.05) is 31.5 Å². The quantitative estimate of drug-likeness (QED) is 0.918. The van der Waals surface area contributed by atoms with Crippen molar-refractivity contribution in [3.8, 4) is 0 Å². The normalized spacial score (nSPS) is 24.0. The van der Waals surface area contributed by atoms with Crippen LogP contribution in [0.5, 0.6) is 0 Å². The van der Waals surface area contributed by atoms with E-state index in [0.717, 1.165) is 36.5 Å². The summed E-state index contributed by atoms with van der Waals surface area (Å²) in [6, 6.07) is 7.71. The fourth-order valence-corrected chi connectivity index (χ4v) is 4.28. The summed E-state index contributed by atoms with van der Waals surface area (Å²) in [7, 11) is 1.70. The second-order valence-corrected chi connectivity index (χ2v) is 7.34. The van der Waals surface area contributed by atoms with E-state index < -0.39 is 0 Å². The maximum absolute atomic E-state index is 12.6. The number of benzene rings is 1. The second-order valence-electron chi connectivity index (χ2n) is 6.10. The van der Waals surface area contributed by atoms with Gasteiger partial charge >= 0.3 is 0 Å². The largest absolute Gasteiger partial charge is 0.384 e. The minimum atomic E-state index is -0.347. The summed E-state index contributed by atoms with van der Waals surface area (Å²) in [4.78, 5) is 27.7.